The fourth-order valence-corrected chi connectivity index (χ4v) is 4.51. The lowest BCUT2D eigenvalue weighted by atomic mass is 9.95. The van der Waals surface area contributed by atoms with Crippen LogP contribution in [0.5, 0.6) is 5.88 Å². The summed E-state index contributed by atoms with van der Waals surface area (Å²) in [5, 5.41) is 16.3. The summed E-state index contributed by atoms with van der Waals surface area (Å²) in [4.78, 5) is 4.71. The van der Waals surface area contributed by atoms with E-state index in [1.807, 2.05) is 23.8 Å². The number of benzene rings is 1. The van der Waals surface area contributed by atoms with Crippen LogP contribution in [-0.2, 0) is 6.54 Å². The molecule has 1 aromatic carbocycles. The van der Waals surface area contributed by atoms with Gasteiger partial charge in [0.15, 0.2) is 0 Å². The lowest BCUT2D eigenvalue weighted by Gasteiger charge is -2.24. The maximum atomic E-state index is 11.1. The third-order valence-electron chi connectivity index (χ3n) is 5.37. The minimum Gasteiger partial charge on any atom is -0.494 e. The quantitative estimate of drug-likeness (QED) is 0.604. The average Bonchev–Trinajstić information content (AvgIpc) is 2.98. The molecule has 3 heterocycles. The van der Waals surface area contributed by atoms with Crippen LogP contribution < -0.4 is 11.1 Å². The zero-order chi connectivity index (χ0) is 19.1. The Hall–Kier alpha value is -1.79. The highest BCUT2D eigenvalue weighted by Crippen LogP contribution is 2.43. The van der Waals surface area contributed by atoms with Crippen LogP contribution in [0, 0.1) is 6.92 Å². The number of fused-ring (bicyclic) bond motifs is 1. The van der Waals surface area contributed by atoms with Crippen molar-refractivity contribution in [2.45, 2.75) is 32.4 Å². The van der Waals surface area contributed by atoms with Crippen LogP contribution in [0.3, 0.4) is 0 Å². The van der Waals surface area contributed by atoms with Crippen molar-refractivity contribution in [3.05, 3.63) is 45.7 Å². The summed E-state index contributed by atoms with van der Waals surface area (Å²) < 4.78 is 1.95. The summed E-state index contributed by atoms with van der Waals surface area (Å²) in [6, 6.07) is 5.63. The number of halogens is 2. The van der Waals surface area contributed by atoms with Crippen LogP contribution in [0.1, 0.15) is 30.1 Å². The smallest absolute Gasteiger partial charge is 0.201 e. The van der Waals surface area contributed by atoms with Gasteiger partial charge in [0.05, 0.1) is 10.9 Å². The van der Waals surface area contributed by atoms with Gasteiger partial charge < -0.3 is 20.7 Å². The molecule has 0 aliphatic carbocycles. The number of aromatic hydroxyl groups is 1. The molecule has 0 spiro atoms. The molecule has 0 unspecified atom stereocenters. The Morgan fingerprint density at radius 3 is 2.70 bits per heavy atom. The summed E-state index contributed by atoms with van der Waals surface area (Å²) in [6.45, 7) is 4.12. The van der Waals surface area contributed by atoms with Crippen molar-refractivity contribution in [3.8, 4) is 17.0 Å². The summed E-state index contributed by atoms with van der Waals surface area (Å²) in [7, 11) is 0. The second-order valence-corrected chi connectivity index (χ2v) is 7.82. The Morgan fingerprint density at radius 1 is 1.30 bits per heavy atom. The van der Waals surface area contributed by atoms with E-state index in [0.29, 0.717) is 22.0 Å². The monoisotopic (exact) mass is 404 g/mol. The molecule has 142 valence electrons. The molecule has 5 nitrogen and oxygen atoms in total. The zero-order valence-electron chi connectivity index (χ0n) is 15.1. The van der Waals surface area contributed by atoms with E-state index in [1.165, 1.54) is 0 Å². The number of nitrogens with one attached hydrogen (secondary N) is 1. The highest BCUT2D eigenvalue weighted by molar-refractivity contribution is 6.36. The van der Waals surface area contributed by atoms with Gasteiger partial charge in [0, 0.05) is 45.6 Å². The Balaban J connectivity index is 2.01. The second-order valence-electron chi connectivity index (χ2n) is 6.98. The van der Waals surface area contributed by atoms with E-state index in [1.54, 1.807) is 12.1 Å². The van der Waals surface area contributed by atoms with Crippen LogP contribution >= 0.6 is 23.2 Å². The van der Waals surface area contributed by atoms with Gasteiger partial charge in [-0.1, -0.05) is 29.3 Å². The highest BCUT2D eigenvalue weighted by Gasteiger charge is 2.25. The molecule has 1 aliphatic heterocycles. The van der Waals surface area contributed by atoms with Crippen molar-refractivity contribution in [2.24, 2.45) is 5.73 Å². The topological polar surface area (TPSA) is 76.1 Å². The second kappa shape index (κ2) is 7.32. The van der Waals surface area contributed by atoms with Gasteiger partial charge in [-0.15, -0.1) is 0 Å². The number of hydrogen-bond acceptors (Lipinski definition) is 4. The minimum absolute atomic E-state index is 0.222. The Bertz CT molecular complexity index is 1010. The summed E-state index contributed by atoms with van der Waals surface area (Å²) in [5.74, 6) is 0.222. The van der Waals surface area contributed by atoms with Crippen LogP contribution in [0.2, 0.25) is 10.0 Å². The van der Waals surface area contributed by atoms with Gasteiger partial charge in [0.25, 0.3) is 0 Å². The van der Waals surface area contributed by atoms with E-state index in [0.717, 1.165) is 53.8 Å². The number of aromatic nitrogens is 2. The third kappa shape index (κ3) is 3.19. The van der Waals surface area contributed by atoms with Crippen LogP contribution in [-0.4, -0.2) is 27.7 Å². The first-order valence-corrected chi connectivity index (χ1v) is 9.86. The zero-order valence-corrected chi connectivity index (χ0v) is 16.6. The average molecular weight is 405 g/mol. The van der Waals surface area contributed by atoms with Crippen molar-refractivity contribution in [1.29, 1.82) is 0 Å². The number of piperidine rings is 1. The van der Waals surface area contributed by atoms with Crippen molar-refractivity contribution in [2.75, 3.05) is 13.1 Å². The predicted molar refractivity (Wildman–Crippen MR) is 111 cm³/mol. The van der Waals surface area contributed by atoms with Crippen molar-refractivity contribution < 1.29 is 5.11 Å². The summed E-state index contributed by atoms with van der Waals surface area (Å²) in [6.07, 6.45) is 3.88. The third-order valence-corrected chi connectivity index (χ3v) is 5.92. The molecule has 2 aromatic heterocycles. The van der Waals surface area contributed by atoms with Crippen molar-refractivity contribution in [1.82, 2.24) is 14.9 Å². The van der Waals surface area contributed by atoms with Gasteiger partial charge in [0.2, 0.25) is 5.88 Å². The van der Waals surface area contributed by atoms with Gasteiger partial charge in [-0.05, 0) is 50.6 Å². The van der Waals surface area contributed by atoms with Gasteiger partial charge in [-0.3, -0.25) is 4.98 Å². The predicted octanol–water partition coefficient (Wildman–Crippen LogP) is 4.41. The molecule has 0 amide bonds. The van der Waals surface area contributed by atoms with Gasteiger partial charge in [0.1, 0.15) is 0 Å². The van der Waals surface area contributed by atoms with Crippen molar-refractivity contribution in [3.63, 3.8) is 0 Å². The van der Waals surface area contributed by atoms with Crippen LogP contribution in [0.15, 0.2) is 24.4 Å². The molecule has 1 fully saturated rings. The molecule has 0 bridgehead atoms. The number of nitrogens with two attached hydrogens (primary N) is 1. The van der Waals surface area contributed by atoms with E-state index < -0.39 is 0 Å². The number of rotatable bonds is 3. The van der Waals surface area contributed by atoms with Crippen molar-refractivity contribution >= 4 is 34.1 Å². The Labute approximate surface area is 168 Å². The molecule has 1 saturated heterocycles. The molecule has 27 heavy (non-hydrogen) atoms. The van der Waals surface area contributed by atoms with Gasteiger partial charge in [-0.25, -0.2) is 0 Å². The Morgan fingerprint density at radius 2 is 2.04 bits per heavy atom. The standard InChI is InChI=1S/C20H22Cl2N4O/c1-11-15(9-23)18(14-3-2-12(21)8-16(14)22)19-17(25-11)10-26(20(19)27)13-4-6-24-7-5-13/h2-3,8,10,13,24,27H,4-7,9,23H2,1H3. The van der Waals surface area contributed by atoms with Gasteiger partial charge >= 0.3 is 0 Å². The normalized spacial score (nSPS) is 15.6. The van der Waals surface area contributed by atoms with E-state index in [9.17, 15) is 5.11 Å². The Kier molecular flexibility index (Phi) is 5.03. The number of pyridine rings is 1. The summed E-state index contributed by atoms with van der Waals surface area (Å²) >= 11 is 12.6. The fourth-order valence-electron chi connectivity index (χ4n) is 4.01. The lowest BCUT2D eigenvalue weighted by Crippen LogP contribution is -2.29. The largest absolute Gasteiger partial charge is 0.494 e. The number of hydrogen-bond donors (Lipinski definition) is 3. The van der Waals surface area contributed by atoms with E-state index >= 15 is 0 Å². The molecule has 0 saturated carbocycles. The number of aryl methyl sites for hydroxylation is 1. The first kappa shape index (κ1) is 18.6. The van der Waals surface area contributed by atoms with E-state index in [4.69, 9.17) is 33.9 Å². The first-order chi connectivity index (χ1) is 13.0. The maximum Gasteiger partial charge on any atom is 0.201 e. The van der Waals surface area contributed by atoms with Gasteiger partial charge in [-0.2, -0.15) is 0 Å². The molecule has 0 radical (unpaired) electrons. The van der Waals surface area contributed by atoms with Crippen LogP contribution in [0.25, 0.3) is 22.0 Å². The fraction of sp³-hybridized carbons (Fsp3) is 0.350. The number of nitrogens with zero attached hydrogens (tertiary/aromatic N) is 2. The summed E-state index contributed by atoms with van der Waals surface area (Å²) in [5.41, 5.74) is 10.2. The molecule has 7 heteroatoms. The first-order valence-electron chi connectivity index (χ1n) is 9.10. The maximum absolute atomic E-state index is 11.1. The molecular weight excluding hydrogens is 383 g/mol. The molecule has 0 atom stereocenters. The molecule has 3 aromatic rings. The molecule has 4 N–H and O–H groups in total. The van der Waals surface area contributed by atoms with Crippen LogP contribution in [0.4, 0.5) is 0 Å². The SMILES string of the molecule is Cc1nc2cn(C3CCNCC3)c(O)c2c(-c2ccc(Cl)cc2Cl)c1CN. The molecule has 1 aliphatic rings. The van der Waals surface area contributed by atoms with E-state index in [2.05, 4.69) is 5.32 Å². The molecule has 4 rings (SSSR count). The minimum atomic E-state index is 0.222. The lowest BCUT2D eigenvalue weighted by molar-refractivity contribution is 0.326. The molecular formula is C20H22Cl2N4O. The highest BCUT2D eigenvalue weighted by atomic mass is 35.5. The van der Waals surface area contributed by atoms with E-state index in [-0.39, 0.29) is 11.9 Å².